The van der Waals surface area contributed by atoms with Crippen LogP contribution < -0.4 is 5.32 Å². The zero-order chi connectivity index (χ0) is 17.7. The van der Waals surface area contributed by atoms with E-state index >= 15 is 0 Å². The number of nitrogens with zero attached hydrogens (tertiary/aromatic N) is 1. The number of carbonyl (C=O) groups excluding carboxylic acids is 4. The van der Waals surface area contributed by atoms with E-state index in [9.17, 15) is 19.2 Å². The molecule has 6 heteroatoms. The first-order valence-electron chi connectivity index (χ1n) is 7.77. The maximum atomic E-state index is 13.1. The lowest BCUT2D eigenvalue weighted by Gasteiger charge is -2.34. The van der Waals surface area contributed by atoms with E-state index in [0.29, 0.717) is 16.5 Å². The molecule has 1 saturated heterocycles. The number of piperidine rings is 1. The summed E-state index contributed by atoms with van der Waals surface area (Å²) in [7, 11) is 0. The maximum Gasteiger partial charge on any atom is 0.263 e. The second kappa shape index (κ2) is 5.28. The van der Waals surface area contributed by atoms with E-state index in [-0.39, 0.29) is 18.4 Å². The van der Waals surface area contributed by atoms with Gasteiger partial charge in [0.05, 0.1) is 5.56 Å². The Hall–Kier alpha value is -3.46. The van der Waals surface area contributed by atoms with Gasteiger partial charge in [-0.15, -0.1) is 6.42 Å². The van der Waals surface area contributed by atoms with Crippen molar-refractivity contribution in [1.29, 1.82) is 0 Å². The summed E-state index contributed by atoms with van der Waals surface area (Å²) < 4.78 is 0. The fourth-order valence-electron chi connectivity index (χ4n) is 3.45. The van der Waals surface area contributed by atoms with Gasteiger partial charge in [-0.25, -0.2) is 0 Å². The molecule has 4 amide bonds. The molecule has 0 radical (unpaired) electrons. The van der Waals surface area contributed by atoms with E-state index in [1.807, 2.05) is 0 Å². The number of hydrogen-bond donors (Lipinski definition) is 1. The van der Waals surface area contributed by atoms with Crippen molar-refractivity contribution < 1.29 is 19.2 Å². The van der Waals surface area contributed by atoms with E-state index in [0.717, 1.165) is 10.3 Å². The van der Waals surface area contributed by atoms with Crippen molar-refractivity contribution in [2.75, 3.05) is 0 Å². The predicted octanol–water partition coefficient (Wildman–Crippen LogP) is 1.22. The molecule has 2 aliphatic rings. The Morgan fingerprint density at radius 3 is 2.60 bits per heavy atom. The first kappa shape index (κ1) is 15.1. The van der Waals surface area contributed by atoms with Crippen LogP contribution in [-0.4, -0.2) is 34.6 Å². The zero-order valence-corrected chi connectivity index (χ0v) is 13.0. The standard InChI is InChI=1S/C19H12N2O4/c1-2-10-6-7-11-4-3-5-12-15(11)16(10)19(25)21(18(12)24)13-8-9-14(22)20-17(13)23/h1,3-7,13H,8-9H2,(H,20,22,23). The van der Waals surface area contributed by atoms with E-state index < -0.39 is 29.7 Å². The van der Waals surface area contributed by atoms with Crippen molar-refractivity contribution in [2.45, 2.75) is 18.9 Å². The predicted molar refractivity (Wildman–Crippen MR) is 88.6 cm³/mol. The molecule has 2 aliphatic heterocycles. The number of benzene rings is 2. The van der Waals surface area contributed by atoms with Crippen LogP contribution >= 0.6 is 0 Å². The van der Waals surface area contributed by atoms with Gasteiger partial charge in [0, 0.05) is 22.9 Å². The SMILES string of the molecule is C#Cc1ccc2cccc3c2c1C(=O)N(C1CCC(=O)NC1=O)C3=O. The fraction of sp³-hybridized carbons (Fsp3) is 0.158. The third-order valence-corrected chi connectivity index (χ3v) is 4.60. The molecule has 0 aromatic heterocycles. The third-order valence-electron chi connectivity index (χ3n) is 4.60. The van der Waals surface area contributed by atoms with Gasteiger partial charge in [0.25, 0.3) is 11.8 Å². The molecule has 1 N–H and O–H groups in total. The first-order chi connectivity index (χ1) is 12.0. The molecule has 0 spiro atoms. The Morgan fingerprint density at radius 2 is 1.88 bits per heavy atom. The van der Waals surface area contributed by atoms with Gasteiger partial charge >= 0.3 is 0 Å². The van der Waals surface area contributed by atoms with Crippen molar-refractivity contribution in [3.63, 3.8) is 0 Å². The Labute approximate surface area is 142 Å². The minimum atomic E-state index is -1.02. The highest BCUT2D eigenvalue weighted by Crippen LogP contribution is 2.34. The number of nitrogens with one attached hydrogen (secondary N) is 1. The first-order valence-corrected chi connectivity index (χ1v) is 7.77. The molecule has 122 valence electrons. The van der Waals surface area contributed by atoms with Crippen LogP contribution in [0.25, 0.3) is 10.8 Å². The summed E-state index contributed by atoms with van der Waals surface area (Å²) in [4.78, 5) is 50.5. The summed E-state index contributed by atoms with van der Waals surface area (Å²) in [6.45, 7) is 0. The largest absolute Gasteiger partial charge is 0.295 e. The number of terminal acetylenes is 1. The normalized spacial score (nSPS) is 19.8. The third kappa shape index (κ3) is 2.06. The summed E-state index contributed by atoms with van der Waals surface area (Å²) in [5, 5.41) is 3.42. The van der Waals surface area contributed by atoms with Crippen molar-refractivity contribution in [3.8, 4) is 12.3 Å². The molecule has 1 fully saturated rings. The fourth-order valence-corrected chi connectivity index (χ4v) is 3.45. The molecule has 1 atom stereocenters. The highest BCUT2D eigenvalue weighted by Gasteiger charge is 2.43. The van der Waals surface area contributed by atoms with Crippen LogP contribution in [0.15, 0.2) is 30.3 Å². The number of hydrogen-bond acceptors (Lipinski definition) is 4. The molecule has 2 aromatic carbocycles. The summed E-state index contributed by atoms with van der Waals surface area (Å²) in [6, 6.07) is 7.52. The van der Waals surface area contributed by atoms with Crippen molar-refractivity contribution in [2.24, 2.45) is 0 Å². The lowest BCUT2D eigenvalue weighted by molar-refractivity contribution is -0.136. The summed E-state index contributed by atoms with van der Waals surface area (Å²) >= 11 is 0. The van der Waals surface area contributed by atoms with Crippen molar-refractivity contribution in [1.82, 2.24) is 10.2 Å². The highest BCUT2D eigenvalue weighted by atomic mass is 16.2. The molecule has 0 saturated carbocycles. The zero-order valence-electron chi connectivity index (χ0n) is 13.0. The van der Waals surface area contributed by atoms with Gasteiger partial charge in [-0.05, 0) is 23.9 Å². The van der Waals surface area contributed by atoms with Crippen LogP contribution in [0.1, 0.15) is 39.1 Å². The van der Waals surface area contributed by atoms with Gasteiger partial charge in [0.15, 0.2) is 0 Å². The number of imide groups is 2. The summed E-state index contributed by atoms with van der Waals surface area (Å²) in [6.07, 6.45) is 5.70. The van der Waals surface area contributed by atoms with Gasteiger partial charge in [0.1, 0.15) is 6.04 Å². The minimum absolute atomic E-state index is 0.0707. The van der Waals surface area contributed by atoms with E-state index in [4.69, 9.17) is 6.42 Å². The van der Waals surface area contributed by atoms with Crippen LogP contribution in [-0.2, 0) is 9.59 Å². The highest BCUT2D eigenvalue weighted by molar-refractivity contribution is 6.27. The van der Waals surface area contributed by atoms with Crippen LogP contribution in [0.2, 0.25) is 0 Å². The molecule has 25 heavy (non-hydrogen) atoms. The van der Waals surface area contributed by atoms with Crippen LogP contribution in [0.3, 0.4) is 0 Å². The van der Waals surface area contributed by atoms with Gasteiger partial charge in [-0.2, -0.15) is 0 Å². The second-order valence-corrected chi connectivity index (χ2v) is 5.98. The maximum absolute atomic E-state index is 13.1. The average Bonchev–Trinajstić information content (AvgIpc) is 2.60. The lowest BCUT2D eigenvalue weighted by atomic mass is 9.89. The summed E-state index contributed by atoms with van der Waals surface area (Å²) in [5.74, 6) is 0.265. The quantitative estimate of drug-likeness (QED) is 0.629. The van der Waals surface area contributed by atoms with E-state index in [1.54, 1.807) is 30.3 Å². The number of carbonyl (C=O) groups is 4. The molecule has 1 unspecified atom stereocenters. The lowest BCUT2D eigenvalue weighted by Crippen LogP contribution is -2.57. The Kier molecular flexibility index (Phi) is 3.19. The Balaban J connectivity index is 1.93. The molecule has 0 bridgehead atoms. The van der Waals surface area contributed by atoms with Crippen molar-refractivity contribution in [3.05, 3.63) is 47.0 Å². The van der Waals surface area contributed by atoms with Gasteiger partial charge < -0.3 is 0 Å². The monoisotopic (exact) mass is 332 g/mol. The molecule has 6 nitrogen and oxygen atoms in total. The minimum Gasteiger partial charge on any atom is -0.295 e. The molecule has 0 aliphatic carbocycles. The average molecular weight is 332 g/mol. The topological polar surface area (TPSA) is 83.6 Å². The summed E-state index contributed by atoms with van der Waals surface area (Å²) in [5.41, 5.74) is 0.948. The second-order valence-electron chi connectivity index (χ2n) is 5.98. The van der Waals surface area contributed by atoms with Crippen molar-refractivity contribution >= 4 is 34.4 Å². The van der Waals surface area contributed by atoms with E-state index in [1.165, 1.54) is 0 Å². The molecule has 2 heterocycles. The van der Waals surface area contributed by atoms with Crippen LogP contribution in [0.4, 0.5) is 0 Å². The number of amides is 4. The molecule has 2 aromatic rings. The van der Waals surface area contributed by atoms with Gasteiger partial charge in [0.2, 0.25) is 11.8 Å². The smallest absolute Gasteiger partial charge is 0.263 e. The van der Waals surface area contributed by atoms with Gasteiger partial charge in [-0.1, -0.05) is 24.1 Å². The van der Waals surface area contributed by atoms with Crippen LogP contribution in [0.5, 0.6) is 0 Å². The Bertz CT molecular complexity index is 1030. The molecular weight excluding hydrogens is 320 g/mol. The molecule has 4 rings (SSSR count). The Morgan fingerprint density at radius 1 is 1.08 bits per heavy atom. The van der Waals surface area contributed by atoms with Gasteiger partial charge in [-0.3, -0.25) is 29.4 Å². The van der Waals surface area contributed by atoms with Crippen LogP contribution in [0, 0.1) is 12.3 Å². The molecular formula is C19H12N2O4. The number of rotatable bonds is 1. The van der Waals surface area contributed by atoms with E-state index in [2.05, 4.69) is 11.2 Å².